The van der Waals surface area contributed by atoms with Crippen LogP contribution in [0.3, 0.4) is 0 Å². The second kappa shape index (κ2) is 18.9. The van der Waals surface area contributed by atoms with Gasteiger partial charge < -0.3 is 30.7 Å². The Labute approximate surface area is 316 Å². The number of hydrogen-bond acceptors (Lipinski definition) is 12. The van der Waals surface area contributed by atoms with E-state index in [4.69, 9.17) is 9.47 Å². The van der Waals surface area contributed by atoms with E-state index < -0.39 is 70.9 Å². The lowest BCUT2D eigenvalue weighted by Gasteiger charge is -2.24. The summed E-state index contributed by atoms with van der Waals surface area (Å²) >= 11 is 0. The molecule has 300 valence electrons. The van der Waals surface area contributed by atoms with Crippen molar-refractivity contribution in [1.82, 2.24) is 51.3 Å². The minimum atomic E-state index is -1.13. The Bertz CT molecular complexity index is 1500. The fraction of sp³-hybridized carbons (Fsp3) is 0.722. The maximum absolute atomic E-state index is 13.9. The molecular formula is C36H58N10O8. The van der Waals surface area contributed by atoms with Gasteiger partial charge in [0.25, 0.3) is 0 Å². The third-order valence-electron chi connectivity index (χ3n) is 8.02. The smallest absolute Gasteiger partial charge is 0.306 e. The van der Waals surface area contributed by atoms with Gasteiger partial charge in [0.05, 0.1) is 25.5 Å². The van der Waals surface area contributed by atoms with Crippen molar-refractivity contribution >= 4 is 35.6 Å². The van der Waals surface area contributed by atoms with E-state index in [0.29, 0.717) is 24.2 Å². The van der Waals surface area contributed by atoms with E-state index >= 15 is 0 Å². The van der Waals surface area contributed by atoms with Gasteiger partial charge in [-0.25, -0.2) is 9.36 Å². The minimum Gasteiger partial charge on any atom is -0.460 e. The number of fused-ring (bicyclic) bond motifs is 4. The number of ether oxygens (including phenoxy) is 2. The van der Waals surface area contributed by atoms with Crippen LogP contribution in [0.5, 0.6) is 0 Å². The Morgan fingerprint density at radius 3 is 1.33 bits per heavy atom. The van der Waals surface area contributed by atoms with E-state index in [1.165, 1.54) is 21.8 Å². The molecule has 18 nitrogen and oxygen atoms in total. The van der Waals surface area contributed by atoms with Crippen molar-refractivity contribution < 1.29 is 38.2 Å². The lowest BCUT2D eigenvalue weighted by molar-refractivity contribution is -0.156. The number of hydrogen-bond donors (Lipinski definition) is 4. The molecule has 0 fully saturated rings. The van der Waals surface area contributed by atoms with Gasteiger partial charge in [0.2, 0.25) is 23.6 Å². The maximum Gasteiger partial charge on any atom is 0.306 e. The van der Waals surface area contributed by atoms with Gasteiger partial charge in [-0.3, -0.25) is 28.8 Å². The predicted octanol–water partition coefficient (Wildman–Crippen LogP) is 2.20. The summed E-state index contributed by atoms with van der Waals surface area (Å²) < 4.78 is 13.6. The van der Waals surface area contributed by atoms with E-state index in [-0.39, 0.29) is 50.6 Å². The summed E-state index contributed by atoms with van der Waals surface area (Å²) in [6.45, 7) is 17.9. The standard InChI is InChI=1S/C36H58N10O8/c1-21(2)15-27-33(51)39-25(11-13-29(47)53-35(5,6)7)31(49)38-18-24-20-46(44-42-24)28(16-22(3)4)34(52)40-26(12-14-30(48)54-36(8,9)10)32(50)37-17-23-19-45(27)43-41-23/h19-22,25-28H,11-18H2,1-10H3,(H,37,50)(H,38,49)(H,39,51)(H,40,52)/t25-,26-,27+,28+/m0/s1. The van der Waals surface area contributed by atoms with Crippen LogP contribution in [0, 0.1) is 11.8 Å². The zero-order valence-corrected chi connectivity index (χ0v) is 33.2. The number of esters is 2. The molecule has 0 unspecified atom stereocenters. The highest BCUT2D eigenvalue weighted by molar-refractivity contribution is 5.90. The van der Waals surface area contributed by atoms with Crippen LogP contribution in [0.1, 0.15) is 131 Å². The molecule has 4 atom stereocenters. The van der Waals surface area contributed by atoms with Gasteiger partial charge in [0.1, 0.15) is 46.8 Å². The Morgan fingerprint density at radius 2 is 1.02 bits per heavy atom. The third-order valence-corrected chi connectivity index (χ3v) is 8.02. The summed E-state index contributed by atoms with van der Waals surface area (Å²) in [6, 6.07) is -4.02. The Morgan fingerprint density at radius 1 is 0.667 bits per heavy atom. The third kappa shape index (κ3) is 14.5. The first-order valence-corrected chi connectivity index (χ1v) is 18.5. The minimum absolute atomic E-state index is 0.0316. The summed E-state index contributed by atoms with van der Waals surface area (Å²) in [5.41, 5.74) is -0.822. The van der Waals surface area contributed by atoms with Gasteiger partial charge >= 0.3 is 11.9 Å². The summed E-state index contributed by atoms with van der Waals surface area (Å²) in [7, 11) is 0. The summed E-state index contributed by atoms with van der Waals surface area (Å²) in [5.74, 6) is -3.15. The topological polar surface area (TPSA) is 230 Å². The predicted molar refractivity (Wildman–Crippen MR) is 195 cm³/mol. The lowest BCUT2D eigenvalue weighted by Crippen LogP contribution is -2.49. The summed E-state index contributed by atoms with van der Waals surface area (Å²) in [4.78, 5) is 80.2. The van der Waals surface area contributed by atoms with Crippen LogP contribution in [0.25, 0.3) is 0 Å². The number of carbonyl (C=O) groups is 6. The van der Waals surface area contributed by atoms with E-state index in [9.17, 15) is 28.8 Å². The first-order valence-electron chi connectivity index (χ1n) is 18.5. The Kier molecular flexibility index (Phi) is 15.2. The zero-order valence-electron chi connectivity index (χ0n) is 33.2. The van der Waals surface area contributed by atoms with Crippen LogP contribution in [0.4, 0.5) is 0 Å². The molecule has 1 aliphatic heterocycles. The van der Waals surface area contributed by atoms with E-state index in [1.54, 1.807) is 41.5 Å². The first-order chi connectivity index (χ1) is 25.1. The fourth-order valence-electron chi connectivity index (χ4n) is 5.64. The molecule has 4 N–H and O–H groups in total. The van der Waals surface area contributed by atoms with Crippen molar-refractivity contribution in [3.8, 4) is 0 Å². The van der Waals surface area contributed by atoms with Crippen molar-refractivity contribution in [3.05, 3.63) is 23.8 Å². The molecule has 3 heterocycles. The van der Waals surface area contributed by atoms with Crippen LogP contribution in [0.15, 0.2) is 12.4 Å². The molecule has 54 heavy (non-hydrogen) atoms. The van der Waals surface area contributed by atoms with Crippen LogP contribution < -0.4 is 21.3 Å². The molecule has 0 aliphatic carbocycles. The average molecular weight is 759 g/mol. The highest BCUT2D eigenvalue weighted by Crippen LogP contribution is 2.21. The molecule has 0 saturated heterocycles. The van der Waals surface area contributed by atoms with Gasteiger partial charge in [-0.05, 0) is 79.1 Å². The second-order valence-corrected chi connectivity index (χ2v) is 16.5. The zero-order chi connectivity index (χ0) is 40.4. The van der Waals surface area contributed by atoms with Crippen LogP contribution in [-0.4, -0.2) is 88.8 Å². The molecule has 2 aromatic rings. The number of carbonyl (C=O) groups excluding carboxylic acids is 6. The molecule has 0 aromatic carbocycles. The van der Waals surface area contributed by atoms with Gasteiger partial charge in [0, 0.05) is 12.8 Å². The van der Waals surface area contributed by atoms with E-state index in [0.717, 1.165) is 0 Å². The summed E-state index contributed by atoms with van der Waals surface area (Å²) in [5, 5.41) is 27.8. The fourth-order valence-corrected chi connectivity index (χ4v) is 5.64. The van der Waals surface area contributed by atoms with Crippen LogP contribution >= 0.6 is 0 Å². The molecule has 18 heteroatoms. The summed E-state index contributed by atoms with van der Waals surface area (Å²) in [6.07, 6.45) is 3.34. The van der Waals surface area contributed by atoms with Gasteiger partial charge in [0.15, 0.2) is 0 Å². The molecule has 0 spiro atoms. The Hall–Kier alpha value is -4.90. The van der Waals surface area contributed by atoms with Gasteiger partial charge in [-0.2, -0.15) is 0 Å². The number of nitrogens with one attached hydrogen (secondary N) is 4. The van der Waals surface area contributed by atoms with Crippen molar-refractivity contribution in [1.29, 1.82) is 0 Å². The number of aromatic nitrogens is 6. The molecule has 1 aliphatic rings. The largest absolute Gasteiger partial charge is 0.460 e. The van der Waals surface area contributed by atoms with E-state index in [2.05, 4.69) is 41.9 Å². The van der Waals surface area contributed by atoms with Crippen LogP contribution in [0.2, 0.25) is 0 Å². The monoisotopic (exact) mass is 758 g/mol. The quantitative estimate of drug-likeness (QED) is 0.256. The lowest BCUT2D eigenvalue weighted by atomic mass is 10.0. The van der Waals surface area contributed by atoms with E-state index in [1.807, 2.05) is 27.7 Å². The highest BCUT2D eigenvalue weighted by Gasteiger charge is 2.32. The first kappa shape index (κ1) is 43.5. The molecular weight excluding hydrogens is 700 g/mol. The molecule has 0 saturated carbocycles. The molecule has 3 rings (SSSR count). The maximum atomic E-state index is 13.9. The van der Waals surface area contributed by atoms with Crippen molar-refractivity contribution in [2.45, 2.75) is 156 Å². The molecule has 0 radical (unpaired) electrons. The van der Waals surface area contributed by atoms with Gasteiger partial charge in [-0.15, -0.1) is 10.2 Å². The van der Waals surface area contributed by atoms with Crippen molar-refractivity contribution in [3.63, 3.8) is 0 Å². The van der Waals surface area contributed by atoms with Crippen LogP contribution in [-0.2, 0) is 51.3 Å². The van der Waals surface area contributed by atoms with Crippen molar-refractivity contribution in [2.24, 2.45) is 11.8 Å². The highest BCUT2D eigenvalue weighted by atomic mass is 16.6. The number of rotatable bonds is 10. The molecule has 4 amide bonds. The van der Waals surface area contributed by atoms with Crippen molar-refractivity contribution in [2.75, 3.05) is 0 Å². The average Bonchev–Trinajstić information content (AvgIpc) is 3.71. The Balaban J connectivity index is 1.99. The van der Waals surface area contributed by atoms with Gasteiger partial charge in [-0.1, -0.05) is 38.1 Å². The number of amides is 4. The SMILES string of the molecule is CC(C)C[C@@H]1C(=O)N[C@@H](CCC(=O)OC(C)(C)C)C(=O)NCc2cn(nn2)[C@H](CC(C)C)C(=O)N[C@@H](CCC(=O)OC(C)(C)C)C(=O)NCc2cn1nn2. The molecule has 2 aromatic heterocycles. The molecule has 4 bridgehead atoms. The second-order valence-electron chi connectivity index (χ2n) is 16.5. The number of nitrogens with zero attached hydrogens (tertiary/aromatic N) is 6. The normalized spacial score (nSPS) is 20.8.